The van der Waals surface area contributed by atoms with Crippen LogP contribution in [0.15, 0.2) is 30.3 Å². The lowest BCUT2D eigenvalue weighted by Crippen LogP contribution is -2.42. The molecule has 0 N–H and O–H groups in total. The van der Waals surface area contributed by atoms with Gasteiger partial charge in [-0.3, -0.25) is 4.79 Å². The number of carbonyl (C=O) groups is 2. The third-order valence-corrected chi connectivity index (χ3v) is 4.57. The average Bonchev–Trinajstić information content (AvgIpc) is 2.83. The lowest BCUT2D eigenvalue weighted by molar-refractivity contribution is -0.130. The van der Waals surface area contributed by atoms with Crippen LogP contribution in [0.25, 0.3) is 0 Å². The summed E-state index contributed by atoms with van der Waals surface area (Å²) in [4.78, 5) is 25.9. The number of hydrogen-bond donors (Lipinski definition) is 0. The van der Waals surface area contributed by atoms with Crippen molar-refractivity contribution in [3.63, 3.8) is 0 Å². The number of amides is 2. The lowest BCUT2D eigenvalue weighted by Gasteiger charge is -2.27. The molecule has 1 aromatic rings. The van der Waals surface area contributed by atoms with Gasteiger partial charge in [-0.2, -0.15) is 0 Å². The first kappa shape index (κ1) is 14.1. The Morgan fingerprint density at radius 2 is 2.00 bits per heavy atom. The molecule has 1 saturated heterocycles. The third kappa shape index (κ3) is 2.80. The van der Waals surface area contributed by atoms with Gasteiger partial charge < -0.3 is 4.74 Å². The Balaban J connectivity index is 1.68. The monoisotopic (exact) mass is 287 g/mol. The van der Waals surface area contributed by atoms with Gasteiger partial charge in [0.1, 0.15) is 6.10 Å². The molecule has 21 heavy (non-hydrogen) atoms. The fourth-order valence-corrected chi connectivity index (χ4v) is 3.38. The van der Waals surface area contributed by atoms with E-state index in [9.17, 15) is 9.59 Å². The van der Waals surface area contributed by atoms with Gasteiger partial charge in [0.25, 0.3) is 0 Å². The van der Waals surface area contributed by atoms with Crippen molar-refractivity contribution >= 4 is 12.0 Å². The summed E-state index contributed by atoms with van der Waals surface area (Å²) in [5.41, 5.74) is 1.12. The molecule has 0 radical (unpaired) electrons. The zero-order chi connectivity index (χ0) is 14.8. The first-order chi connectivity index (χ1) is 10.2. The van der Waals surface area contributed by atoms with E-state index in [1.165, 1.54) is 4.90 Å². The lowest BCUT2D eigenvalue weighted by atomic mass is 9.91. The molecule has 4 nitrogen and oxygen atoms in total. The maximum Gasteiger partial charge on any atom is 0.417 e. The van der Waals surface area contributed by atoms with Crippen molar-refractivity contribution in [2.45, 2.75) is 57.1 Å². The van der Waals surface area contributed by atoms with Gasteiger partial charge in [0.2, 0.25) is 5.91 Å². The molecule has 0 spiro atoms. The highest BCUT2D eigenvalue weighted by atomic mass is 16.6. The molecule has 3 rings (SSSR count). The van der Waals surface area contributed by atoms with E-state index in [1.54, 1.807) is 0 Å². The molecule has 2 aliphatic rings. The summed E-state index contributed by atoms with van der Waals surface area (Å²) in [6.45, 7) is 2.02. The molecule has 0 aromatic heterocycles. The van der Waals surface area contributed by atoms with Crippen molar-refractivity contribution in [2.24, 2.45) is 0 Å². The van der Waals surface area contributed by atoms with Crippen LogP contribution in [0.2, 0.25) is 0 Å². The zero-order valence-electron chi connectivity index (χ0n) is 12.3. The Kier molecular flexibility index (Phi) is 3.95. The summed E-state index contributed by atoms with van der Waals surface area (Å²) in [5, 5.41) is 0. The second-order valence-electron chi connectivity index (χ2n) is 6.05. The Morgan fingerprint density at radius 1 is 1.29 bits per heavy atom. The SMILES string of the molecule is C[C@@H](CC(=O)N1C(=O)O[C@H]2CCCC[C@@H]21)c1ccccc1. The number of nitrogens with zero attached hydrogens (tertiary/aromatic N) is 1. The molecule has 4 heteroatoms. The second kappa shape index (κ2) is 5.88. The summed E-state index contributed by atoms with van der Waals surface area (Å²) in [7, 11) is 0. The van der Waals surface area contributed by atoms with Crippen LogP contribution in [-0.4, -0.2) is 29.0 Å². The Bertz CT molecular complexity index is 528. The normalized spacial score (nSPS) is 26.1. The number of benzene rings is 1. The van der Waals surface area contributed by atoms with Gasteiger partial charge in [0.15, 0.2) is 0 Å². The van der Waals surface area contributed by atoms with Crippen LogP contribution >= 0.6 is 0 Å². The van der Waals surface area contributed by atoms with E-state index in [1.807, 2.05) is 37.3 Å². The predicted molar refractivity (Wildman–Crippen MR) is 78.8 cm³/mol. The second-order valence-corrected chi connectivity index (χ2v) is 6.05. The van der Waals surface area contributed by atoms with Gasteiger partial charge in [-0.25, -0.2) is 9.69 Å². The van der Waals surface area contributed by atoms with Crippen LogP contribution in [0.1, 0.15) is 50.5 Å². The minimum absolute atomic E-state index is 0.0401. The standard InChI is InChI=1S/C17H21NO3/c1-12(13-7-3-2-4-8-13)11-16(19)18-14-9-5-6-10-15(14)21-17(18)20/h2-4,7-8,12,14-15H,5-6,9-11H2,1H3/t12-,14-,15-/m0/s1. The molecule has 112 valence electrons. The zero-order valence-corrected chi connectivity index (χ0v) is 12.3. The molecule has 1 aliphatic heterocycles. The highest BCUT2D eigenvalue weighted by Gasteiger charge is 2.45. The fraction of sp³-hybridized carbons (Fsp3) is 0.529. The van der Waals surface area contributed by atoms with Crippen molar-refractivity contribution in [3.8, 4) is 0 Å². The molecule has 0 bridgehead atoms. The number of imide groups is 1. The number of carbonyl (C=O) groups excluding carboxylic acids is 2. The topological polar surface area (TPSA) is 46.6 Å². The van der Waals surface area contributed by atoms with Crippen molar-refractivity contribution in [3.05, 3.63) is 35.9 Å². The van der Waals surface area contributed by atoms with Crippen molar-refractivity contribution in [1.82, 2.24) is 4.90 Å². The number of fused-ring (bicyclic) bond motifs is 1. The van der Waals surface area contributed by atoms with Crippen LogP contribution in [0.3, 0.4) is 0 Å². The third-order valence-electron chi connectivity index (χ3n) is 4.57. The predicted octanol–water partition coefficient (Wildman–Crippen LogP) is 3.47. The van der Waals surface area contributed by atoms with Crippen molar-refractivity contribution in [1.29, 1.82) is 0 Å². The van der Waals surface area contributed by atoms with Crippen LogP contribution in [0, 0.1) is 0 Å². The molecule has 1 aliphatic carbocycles. The highest BCUT2D eigenvalue weighted by Crippen LogP contribution is 2.33. The summed E-state index contributed by atoms with van der Waals surface area (Å²) >= 11 is 0. The summed E-state index contributed by atoms with van der Waals surface area (Å²) in [6, 6.07) is 9.90. The first-order valence-corrected chi connectivity index (χ1v) is 7.74. The Morgan fingerprint density at radius 3 is 2.76 bits per heavy atom. The van der Waals surface area contributed by atoms with Crippen molar-refractivity contribution in [2.75, 3.05) is 0 Å². The van der Waals surface area contributed by atoms with Crippen LogP contribution < -0.4 is 0 Å². The van der Waals surface area contributed by atoms with E-state index in [0.717, 1.165) is 31.2 Å². The Labute approximate surface area is 125 Å². The largest absolute Gasteiger partial charge is 0.444 e. The molecule has 1 heterocycles. The molecule has 3 atom stereocenters. The fourth-order valence-electron chi connectivity index (χ4n) is 3.38. The van der Waals surface area contributed by atoms with Gasteiger partial charge in [0.05, 0.1) is 6.04 Å². The molecule has 2 fully saturated rings. The van der Waals surface area contributed by atoms with Crippen LogP contribution in [0.4, 0.5) is 4.79 Å². The van der Waals surface area contributed by atoms with E-state index < -0.39 is 6.09 Å². The summed E-state index contributed by atoms with van der Waals surface area (Å²) < 4.78 is 5.35. The van der Waals surface area contributed by atoms with E-state index >= 15 is 0 Å². The van der Waals surface area contributed by atoms with Gasteiger partial charge in [-0.15, -0.1) is 0 Å². The molecule has 2 amide bonds. The molecule has 1 saturated carbocycles. The summed E-state index contributed by atoms with van der Waals surface area (Å²) in [5.74, 6) is -0.0000985. The Hall–Kier alpha value is -1.84. The van der Waals surface area contributed by atoms with Crippen LogP contribution in [0.5, 0.6) is 0 Å². The van der Waals surface area contributed by atoms with Gasteiger partial charge in [-0.05, 0) is 30.7 Å². The number of hydrogen-bond acceptors (Lipinski definition) is 3. The maximum atomic E-state index is 12.5. The first-order valence-electron chi connectivity index (χ1n) is 7.74. The average molecular weight is 287 g/mol. The molecule has 1 aromatic carbocycles. The number of ether oxygens (including phenoxy) is 1. The molecule has 0 unspecified atom stereocenters. The van der Waals surface area contributed by atoms with E-state index in [0.29, 0.717) is 6.42 Å². The van der Waals surface area contributed by atoms with E-state index in [4.69, 9.17) is 4.74 Å². The van der Waals surface area contributed by atoms with Gasteiger partial charge >= 0.3 is 6.09 Å². The minimum atomic E-state index is -0.447. The van der Waals surface area contributed by atoms with Crippen molar-refractivity contribution < 1.29 is 14.3 Å². The molecular weight excluding hydrogens is 266 g/mol. The van der Waals surface area contributed by atoms with Gasteiger partial charge in [0, 0.05) is 6.42 Å². The highest BCUT2D eigenvalue weighted by molar-refractivity contribution is 5.94. The minimum Gasteiger partial charge on any atom is -0.444 e. The summed E-state index contributed by atoms with van der Waals surface area (Å²) in [6.07, 6.45) is 3.73. The van der Waals surface area contributed by atoms with Gasteiger partial charge in [-0.1, -0.05) is 43.7 Å². The maximum absolute atomic E-state index is 12.5. The smallest absolute Gasteiger partial charge is 0.417 e. The van der Waals surface area contributed by atoms with Crippen LogP contribution in [-0.2, 0) is 9.53 Å². The quantitative estimate of drug-likeness (QED) is 0.855. The van der Waals surface area contributed by atoms with E-state index in [2.05, 4.69) is 0 Å². The van der Waals surface area contributed by atoms with E-state index in [-0.39, 0.29) is 24.0 Å². The molecular formula is C17H21NO3. The number of rotatable bonds is 3.